The zero-order valence-corrected chi connectivity index (χ0v) is 15.2. The lowest BCUT2D eigenvalue weighted by Crippen LogP contribution is -2.51. The summed E-state index contributed by atoms with van der Waals surface area (Å²) < 4.78 is 5.39. The van der Waals surface area contributed by atoms with E-state index in [1.54, 1.807) is 17.9 Å². The van der Waals surface area contributed by atoms with Crippen molar-refractivity contribution >= 4 is 12.0 Å². The standard InChI is InChI=1S/C18H29N3O3/c1-6-7-18(15(22)20-13-14(2)12-19)8-10-21(11-9-18)16(23)24-17(3,4)5/h6,14H,1,7-11,13H2,2-5H3,(H,20,22). The average molecular weight is 335 g/mol. The van der Waals surface area contributed by atoms with Gasteiger partial charge in [-0.25, -0.2) is 4.79 Å². The van der Waals surface area contributed by atoms with Gasteiger partial charge in [-0.05, 0) is 47.0 Å². The Morgan fingerprint density at radius 1 is 1.42 bits per heavy atom. The van der Waals surface area contributed by atoms with Crippen LogP contribution in [0.2, 0.25) is 0 Å². The molecule has 0 bridgehead atoms. The molecular weight excluding hydrogens is 306 g/mol. The number of ether oxygens (including phenoxy) is 1. The van der Waals surface area contributed by atoms with Crippen molar-refractivity contribution in [3.63, 3.8) is 0 Å². The molecule has 0 aromatic carbocycles. The molecule has 6 nitrogen and oxygen atoms in total. The second kappa shape index (κ2) is 8.18. The van der Waals surface area contributed by atoms with Crippen LogP contribution < -0.4 is 5.32 Å². The molecule has 0 aromatic heterocycles. The second-order valence-corrected chi connectivity index (χ2v) is 7.48. The monoisotopic (exact) mass is 335 g/mol. The summed E-state index contributed by atoms with van der Waals surface area (Å²) in [5.41, 5.74) is -1.09. The van der Waals surface area contributed by atoms with Gasteiger partial charge in [0.2, 0.25) is 5.91 Å². The predicted octanol–water partition coefficient (Wildman–Crippen LogP) is 2.86. The summed E-state index contributed by atoms with van der Waals surface area (Å²) in [6.45, 7) is 12.3. The zero-order valence-electron chi connectivity index (χ0n) is 15.2. The van der Waals surface area contributed by atoms with Gasteiger partial charge in [-0.1, -0.05) is 6.08 Å². The van der Waals surface area contributed by atoms with Gasteiger partial charge >= 0.3 is 6.09 Å². The Labute approximate surface area is 144 Å². The minimum Gasteiger partial charge on any atom is -0.444 e. The van der Waals surface area contributed by atoms with E-state index < -0.39 is 11.0 Å². The van der Waals surface area contributed by atoms with Crippen molar-refractivity contribution in [2.45, 2.75) is 52.6 Å². The lowest BCUT2D eigenvalue weighted by molar-refractivity contribution is -0.133. The van der Waals surface area contributed by atoms with Crippen LogP contribution in [0.3, 0.4) is 0 Å². The molecular formula is C18H29N3O3. The van der Waals surface area contributed by atoms with E-state index in [2.05, 4.69) is 18.0 Å². The highest BCUT2D eigenvalue weighted by molar-refractivity contribution is 5.83. The normalized spacial score (nSPS) is 18.2. The Bertz CT molecular complexity index is 509. The smallest absolute Gasteiger partial charge is 0.410 e. The number of hydrogen-bond donors (Lipinski definition) is 1. The summed E-state index contributed by atoms with van der Waals surface area (Å²) >= 11 is 0. The van der Waals surface area contributed by atoms with E-state index in [0.29, 0.717) is 38.9 Å². The lowest BCUT2D eigenvalue weighted by Gasteiger charge is -2.40. The first-order valence-electron chi connectivity index (χ1n) is 8.40. The number of piperidine rings is 1. The molecule has 134 valence electrons. The summed E-state index contributed by atoms with van der Waals surface area (Å²) in [5, 5.41) is 11.7. The van der Waals surface area contributed by atoms with Gasteiger partial charge in [0.25, 0.3) is 0 Å². The quantitative estimate of drug-likeness (QED) is 0.783. The molecule has 0 radical (unpaired) electrons. The molecule has 1 unspecified atom stereocenters. The maximum atomic E-state index is 12.6. The van der Waals surface area contributed by atoms with Crippen LogP contribution in [0, 0.1) is 22.7 Å². The van der Waals surface area contributed by atoms with Gasteiger partial charge in [-0.15, -0.1) is 6.58 Å². The van der Waals surface area contributed by atoms with Gasteiger partial charge in [0.1, 0.15) is 5.60 Å². The summed E-state index contributed by atoms with van der Waals surface area (Å²) in [5.74, 6) is -0.287. The Morgan fingerprint density at radius 3 is 2.46 bits per heavy atom. The average Bonchev–Trinajstić information content (AvgIpc) is 2.51. The highest BCUT2D eigenvalue weighted by atomic mass is 16.6. The van der Waals surface area contributed by atoms with Crippen LogP contribution in [0.4, 0.5) is 4.79 Å². The maximum absolute atomic E-state index is 12.6. The van der Waals surface area contributed by atoms with E-state index in [4.69, 9.17) is 10.00 Å². The molecule has 0 saturated carbocycles. The SMILES string of the molecule is C=CCC1(C(=O)NCC(C)C#N)CCN(C(=O)OC(C)(C)C)CC1. The third-order valence-corrected chi connectivity index (χ3v) is 4.18. The Balaban J connectivity index is 2.69. The Kier molecular flexibility index (Phi) is 6.82. The number of nitrogens with zero attached hydrogens (tertiary/aromatic N) is 2. The Morgan fingerprint density at radius 2 is 2.00 bits per heavy atom. The number of carbonyl (C=O) groups is 2. The van der Waals surface area contributed by atoms with E-state index in [1.165, 1.54) is 0 Å². The predicted molar refractivity (Wildman–Crippen MR) is 92.1 cm³/mol. The fraction of sp³-hybridized carbons (Fsp3) is 0.722. The van der Waals surface area contributed by atoms with Crippen molar-refractivity contribution in [2.75, 3.05) is 19.6 Å². The number of nitrogens with one attached hydrogen (secondary N) is 1. The second-order valence-electron chi connectivity index (χ2n) is 7.48. The number of amides is 2. The molecule has 2 amide bonds. The fourth-order valence-corrected chi connectivity index (χ4v) is 2.72. The number of likely N-dealkylation sites (tertiary alicyclic amines) is 1. The Hall–Kier alpha value is -2.03. The van der Waals surface area contributed by atoms with Gasteiger partial charge in [0.15, 0.2) is 0 Å². The summed E-state index contributed by atoms with van der Waals surface area (Å²) in [6.07, 6.45) is 3.09. The summed E-state index contributed by atoms with van der Waals surface area (Å²) in [6, 6.07) is 2.11. The molecule has 1 atom stereocenters. The van der Waals surface area contributed by atoms with Crippen LogP contribution in [-0.4, -0.2) is 42.1 Å². The van der Waals surface area contributed by atoms with Crippen molar-refractivity contribution in [1.29, 1.82) is 5.26 Å². The molecule has 1 rings (SSSR count). The van der Waals surface area contributed by atoms with Gasteiger partial charge in [-0.3, -0.25) is 4.79 Å². The molecule has 1 heterocycles. The summed E-state index contributed by atoms with van der Waals surface area (Å²) in [4.78, 5) is 26.4. The molecule has 0 aromatic rings. The first-order chi connectivity index (χ1) is 11.1. The summed E-state index contributed by atoms with van der Waals surface area (Å²) in [7, 11) is 0. The van der Waals surface area contributed by atoms with E-state index in [0.717, 1.165) is 0 Å². The van der Waals surface area contributed by atoms with Crippen molar-refractivity contribution in [3.8, 4) is 6.07 Å². The number of hydrogen-bond acceptors (Lipinski definition) is 4. The molecule has 0 aliphatic carbocycles. The van der Waals surface area contributed by atoms with Crippen molar-refractivity contribution in [3.05, 3.63) is 12.7 Å². The van der Waals surface area contributed by atoms with Crippen LogP contribution in [0.5, 0.6) is 0 Å². The topological polar surface area (TPSA) is 82.4 Å². The minimum atomic E-state index is -0.560. The first-order valence-corrected chi connectivity index (χ1v) is 8.40. The number of allylic oxidation sites excluding steroid dienone is 1. The van der Waals surface area contributed by atoms with E-state index >= 15 is 0 Å². The molecule has 1 saturated heterocycles. The third-order valence-electron chi connectivity index (χ3n) is 4.18. The van der Waals surface area contributed by atoms with Gasteiger partial charge in [0, 0.05) is 19.6 Å². The maximum Gasteiger partial charge on any atom is 0.410 e. The molecule has 6 heteroatoms. The third kappa shape index (κ3) is 5.55. The van der Waals surface area contributed by atoms with Crippen molar-refractivity contribution < 1.29 is 14.3 Å². The van der Waals surface area contributed by atoms with Gasteiger partial charge in [0.05, 0.1) is 17.4 Å². The molecule has 0 spiro atoms. The highest BCUT2D eigenvalue weighted by Gasteiger charge is 2.41. The van der Waals surface area contributed by atoms with Gasteiger partial charge in [-0.2, -0.15) is 5.26 Å². The van der Waals surface area contributed by atoms with Crippen LogP contribution in [0.15, 0.2) is 12.7 Å². The molecule has 1 fully saturated rings. The van der Waals surface area contributed by atoms with E-state index in [-0.39, 0.29) is 17.9 Å². The molecule has 1 aliphatic rings. The van der Waals surface area contributed by atoms with E-state index in [1.807, 2.05) is 20.8 Å². The number of carbonyl (C=O) groups excluding carboxylic acids is 2. The van der Waals surface area contributed by atoms with Crippen LogP contribution in [0.1, 0.15) is 47.0 Å². The molecule has 1 aliphatic heterocycles. The van der Waals surface area contributed by atoms with Crippen LogP contribution in [-0.2, 0) is 9.53 Å². The zero-order chi connectivity index (χ0) is 18.4. The largest absolute Gasteiger partial charge is 0.444 e. The van der Waals surface area contributed by atoms with Crippen molar-refractivity contribution in [2.24, 2.45) is 11.3 Å². The number of rotatable bonds is 5. The first kappa shape index (κ1) is 20.0. The lowest BCUT2D eigenvalue weighted by atomic mass is 9.74. The van der Waals surface area contributed by atoms with Crippen molar-refractivity contribution in [1.82, 2.24) is 10.2 Å². The van der Waals surface area contributed by atoms with Gasteiger partial charge < -0.3 is 15.0 Å². The molecule has 1 N–H and O–H groups in total. The fourth-order valence-electron chi connectivity index (χ4n) is 2.72. The van der Waals surface area contributed by atoms with E-state index in [9.17, 15) is 9.59 Å². The minimum absolute atomic E-state index is 0.0617. The van der Waals surface area contributed by atoms with Crippen LogP contribution in [0.25, 0.3) is 0 Å². The van der Waals surface area contributed by atoms with Crippen LogP contribution >= 0.6 is 0 Å². The highest BCUT2D eigenvalue weighted by Crippen LogP contribution is 2.36. The number of nitriles is 1. The molecule has 24 heavy (non-hydrogen) atoms.